The second kappa shape index (κ2) is 9.27. The predicted octanol–water partition coefficient (Wildman–Crippen LogP) is 4.90. The summed E-state index contributed by atoms with van der Waals surface area (Å²) in [5.41, 5.74) is 4.32. The van der Waals surface area contributed by atoms with E-state index in [-0.39, 0.29) is 5.78 Å². The first kappa shape index (κ1) is 21.1. The number of hydrogen-bond acceptors (Lipinski definition) is 3. The molecule has 5 nitrogen and oxygen atoms in total. The number of carbonyl (C=O) groups is 2. The maximum atomic E-state index is 12.9. The Morgan fingerprint density at radius 3 is 2.50 bits per heavy atom. The van der Waals surface area contributed by atoms with Crippen molar-refractivity contribution in [2.45, 2.75) is 33.4 Å². The third kappa shape index (κ3) is 5.06. The fourth-order valence-electron chi connectivity index (χ4n) is 3.10. The second-order valence-corrected chi connectivity index (χ2v) is 7.24. The number of aliphatic carboxylic acids is 1. The van der Waals surface area contributed by atoms with Crippen LogP contribution in [-0.2, 0) is 11.3 Å². The molecule has 0 radical (unpaired) electrons. The lowest BCUT2D eigenvalue weighted by Gasteiger charge is -2.11. The largest absolute Gasteiger partial charge is 0.479 e. The summed E-state index contributed by atoms with van der Waals surface area (Å²) in [5.74, 6) is -0.515. The number of aryl methyl sites for hydroxylation is 2. The summed E-state index contributed by atoms with van der Waals surface area (Å²) in [7, 11) is 0. The Balaban J connectivity index is 1.74. The Kier molecular flexibility index (Phi) is 6.52. The van der Waals surface area contributed by atoms with Crippen LogP contribution in [0.5, 0.6) is 5.75 Å². The minimum absolute atomic E-state index is 0.00504. The van der Waals surface area contributed by atoms with Crippen LogP contribution < -0.4 is 4.74 Å². The molecule has 3 rings (SSSR count). The molecule has 0 aliphatic heterocycles. The van der Waals surface area contributed by atoms with Crippen molar-refractivity contribution in [1.82, 2.24) is 4.57 Å². The van der Waals surface area contributed by atoms with E-state index in [2.05, 4.69) is 0 Å². The fraction of sp³-hybridized carbons (Fsp3) is 0.200. The van der Waals surface area contributed by atoms with Crippen molar-refractivity contribution in [1.29, 1.82) is 0 Å². The van der Waals surface area contributed by atoms with Gasteiger partial charge >= 0.3 is 5.97 Å². The molecule has 1 N–H and O–H groups in total. The molecule has 0 saturated carbocycles. The van der Waals surface area contributed by atoms with Crippen LogP contribution in [0.3, 0.4) is 0 Å². The number of carboxylic acids is 1. The van der Waals surface area contributed by atoms with E-state index in [1.54, 1.807) is 12.1 Å². The second-order valence-electron chi connectivity index (χ2n) is 7.24. The van der Waals surface area contributed by atoms with Gasteiger partial charge < -0.3 is 14.4 Å². The number of ketones is 1. The van der Waals surface area contributed by atoms with Gasteiger partial charge in [-0.05, 0) is 50.6 Å². The van der Waals surface area contributed by atoms with E-state index in [1.807, 2.05) is 79.1 Å². The molecule has 0 saturated heterocycles. The van der Waals surface area contributed by atoms with Crippen molar-refractivity contribution in [3.8, 4) is 5.75 Å². The predicted molar refractivity (Wildman–Crippen MR) is 117 cm³/mol. The van der Waals surface area contributed by atoms with Crippen molar-refractivity contribution in [3.05, 3.63) is 94.8 Å². The molecule has 3 aromatic rings. The maximum absolute atomic E-state index is 12.9. The molecule has 5 heteroatoms. The highest BCUT2D eigenvalue weighted by atomic mass is 16.5. The number of nitrogens with zero attached hydrogens (tertiary/aromatic N) is 1. The molecule has 0 spiro atoms. The quantitative estimate of drug-likeness (QED) is 0.543. The lowest BCUT2D eigenvalue weighted by Crippen LogP contribution is -2.22. The summed E-state index contributed by atoms with van der Waals surface area (Å²) < 4.78 is 7.39. The van der Waals surface area contributed by atoms with Crippen LogP contribution in [0, 0.1) is 13.8 Å². The van der Waals surface area contributed by atoms with Gasteiger partial charge in [-0.25, -0.2) is 4.79 Å². The van der Waals surface area contributed by atoms with Crippen LogP contribution in [0.15, 0.2) is 66.7 Å². The van der Waals surface area contributed by atoms with Crippen molar-refractivity contribution in [3.63, 3.8) is 0 Å². The number of ether oxygens (including phenoxy) is 1. The smallest absolute Gasteiger partial charge is 0.344 e. The van der Waals surface area contributed by atoms with Gasteiger partial charge in [0, 0.05) is 17.8 Å². The molecular formula is C25H25NO4. The molecule has 30 heavy (non-hydrogen) atoms. The number of carboxylic acid groups (broad SMARTS) is 1. The number of aromatic nitrogens is 1. The number of allylic oxidation sites excluding steroid dienone is 1. The van der Waals surface area contributed by atoms with Crippen molar-refractivity contribution >= 4 is 17.8 Å². The molecule has 0 aliphatic rings. The summed E-state index contributed by atoms with van der Waals surface area (Å²) in [6.07, 6.45) is 2.98. The van der Waals surface area contributed by atoms with E-state index < -0.39 is 12.1 Å². The average molecular weight is 403 g/mol. The lowest BCUT2D eigenvalue weighted by atomic mass is 10.1. The molecule has 1 aromatic heterocycles. The monoisotopic (exact) mass is 403 g/mol. The molecule has 1 heterocycles. The Labute approximate surface area is 176 Å². The average Bonchev–Trinajstić information content (AvgIpc) is 3.09. The molecule has 154 valence electrons. The minimum Gasteiger partial charge on any atom is -0.479 e. The molecular weight excluding hydrogens is 378 g/mol. The SMILES string of the molecule is Cc1ccc(C(=O)c2ccc(C)n2C/C=C/c2cccc(O[C@@H](C)C(=O)O)c2)cc1. The van der Waals surface area contributed by atoms with Gasteiger partial charge in [-0.2, -0.15) is 0 Å². The van der Waals surface area contributed by atoms with Gasteiger partial charge in [0.25, 0.3) is 0 Å². The highest BCUT2D eigenvalue weighted by molar-refractivity contribution is 6.08. The normalized spacial score (nSPS) is 12.1. The zero-order valence-corrected chi connectivity index (χ0v) is 17.3. The zero-order chi connectivity index (χ0) is 21.7. The van der Waals surface area contributed by atoms with Gasteiger partial charge in [0.1, 0.15) is 5.75 Å². The van der Waals surface area contributed by atoms with Gasteiger partial charge in [-0.1, -0.05) is 54.1 Å². The Bertz CT molecular complexity index is 1080. The van der Waals surface area contributed by atoms with Crippen LogP contribution in [0.25, 0.3) is 6.08 Å². The topological polar surface area (TPSA) is 68.5 Å². The first-order valence-electron chi connectivity index (χ1n) is 9.78. The van der Waals surface area contributed by atoms with E-state index >= 15 is 0 Å². The van der Waals surface area contributed by atoms with Gasteiger partial charge in [0.05, 0.1) is 5.69 Å². The third-order valence-corrected chi connectivity index (χ3v) is 4.86. The van der Waals surface area contributed by atoms with Crippen molar-refractivity contribution in [2.24, 2.45) is 0 Å². The van der Waals surface area contributed by atoms with Gasteiger partial charge in [-0.3, -0.25) is 4.79 Å². The highest BCUT2D eigenvalue weighted by Gasteiger charge is 2.15. The first-order chi connectivity index (χ1) is 14.3. The van der Waals surface area contributed by atoms with Gasteiger partial charge in [-0.15, -0.1) is 0 Å². The molecule has 0 unspecified atom stereocenters. The standard InChI is InChI=1S/C25H25NO4/c1-17-9-12-21(13-10-17)24(27)23-14-11-18(2)26(23)15-5-7-20-6-4-8-22(16-20)30-19(3)25(28)29/h4-14,16,19H,15H2,1-3H3,(H,28,29)/b7-5+/t19-/m0/s1. The van der Waals surface area contributed by atoms with Crippen molar-refractivity contribution < 1.29 is 19.4 Å². The van der Waals surface area contributed by atoms with Gasteiger partial charge in [0.15, 0.2) is 6.10 Å². The van der Waals surface area contributed by atoms with E-state index in [0.29, 0.717) is 23.6 Å². The zero-order valence-electron chi connectivity index (χ0n) is 17.3. The fourth-order valence-corrected chi connectivity index (χ4v) is 3.10. The van der Waals surface area contributed by atoms with E-state index in [0.717, 1.165) is 16.8 Å². The Morgan fingerprint density at radius 1 is 1.07 bits per heavy atom. The molecule has 0 amide bonds. The number of rotatable bonds is 8. The lowest BCUT2D eigenvalue weighted by molar-refractivity contribution is -0.144. The summed E-state index contributed by atoms with van der Waals surface area (Å²) in [6.45, 7) is 6.00. The highest BCUT2D eigenvalue weighted by Crippen LogP contribution is 2.18. The van der Waals surface area contributed by atoms with Crippen molar-refractivity contribution in [2.75, 3.05) is 0 Å². The summed E-state index contributed by atoms with van der Waals surface area (Å²) in [4.78, 5) is 23.9. The summed E-state index contributed by atoms with van der Waals surface area (Å²) >= 11 is 0. The molecule has 0 bridgehead atoms. The molecule has 0 aliphatic carbocycles. The Hall–Kier alpha value is -3.60. The number of hydrogen-bond donors (Lipinski definition) is 1. The van der Waals surface area contributed by atoms with Crippen LogP contribution in [0.2, 0.25) is 0 Å². The molecule has 1 atom stereocenters. The summed E-state index contributed by atoms with van der Waals surface area (Å²) in [6, 6.07) is 18.6. The van der Waals surface area contributed by atoms with Crippen LogP contribution in [-0.4, -0.2) is 27.5 Å². The first-order valence-corrected chi connectivity index (χ1v) is 9.78. The maximum Gasteiger partial charge on any atom is 0.344 e. The van der Waals surface area contributed by atoms with Gasteiger partial charge in [0.2, 0.25) is 5.78 Å². The molecule has 0 fully saturated rings. The van der Waals surface area contributed by atoms with E-state index in [9.17, 15) is 9.59 Å². The Morgan fingerprint density at radius 2 is 1.80 bits per heavy atom. The minimum atomic E-state index is -1.01. The molecule has 2 aromatic carbocycles. The summed E-state index contributed by atoms with van der Waals surface area (Å²) in [5, 5.41) is 8.98. The third-order valence-electron chi connectivity index (χ3n) is 4.86. The van der Waals surface area contributed by atoms with Crippen LogP contribution >= 0.6 is 0 Å². The van der Waals surface area contributed by atoms with Crippen LogP contribution in [0.4, 0.5) is 0 Å². The number of carbonyl (C=O) groups excluding carboxylic acids is 1. The van der Waals surface area contributed by atoms with Crippen LogP contribution in [0.1, 0.15) is 39.8 Å². The van der Waals surface area contributed by atoms with E-state index in [4.69, 9.17) is 9.84 Å². The van der Waals surface area contributed by atoms with E-state index in [1.165, 1.54) is 6.92 Å². The number of benzene rings is 2.